The Balaban J connectivity index is 0. The first kappa shape index (κ1) is 9.46. The van der Waals surface area contributed by atoms with Crippen molar-refractivity contribution in [3.63, 3.8) is 0 Å². The minimum atomic E-state index is -0.250. The molecule has 4 heavy (non-hydrogen) atoms. The standard InChI is InChI=1S/BHO2.H3N/c2-1-3;/h2H;1H3. The van der Waals surface area contributed by atoms with Gasteiger partial charge in [0.05, 0.1) is 0 Å². The molecule has 0 fully saturated rings. The van der Waals surface area contributed by atoms with E-state index >= 15 is 0 Å². The molecule has 0 rings (SSSR count). The van der Waals surface area contributed by atoms with E-state index in [9.17, 15) is 0 Å². The van der Waals surface area contributed by atoms with E-state index < -0.39 is 0 Å². The van der Waals surface area contributed by atoms with Crippen molar-refractivity contribution < 1.29 is 9.73 Å². The Kier molecular flexibility index (Phi) is 42.0. The van der Waals surface area contributed by atoms with Crippen LogP contribution in [0.25, 0.3) is 0 Å². The van der Waals surface area contributed by atoms with E-state index in [1.54, 1.807) is 0 Å². The Morgan fingerprint density at radius 1 is 1.75 bits per heavy atom. The second-order valence-electron chi connectivity index (χ2n) is 0.105. The van der Waals surface area contributed by atoms with Gasteiger partial charge in [0.2, 0.25) is 0 Å². The van der Waals surface area contributed by atoms with Gasteiger partial charge < -0.3 is 6.15 Å². The van der Waals surface area contributed by atoms with Gasteiger partial charge in [0.1, 0.15) is 0 Å². The number of hydrogen-bond donors (Lipinski definition) is 2. The fraction of sp³-hybridized carbons (Fsp3) is 0. The van der Waals surface area contributed by atoms with Gasteiger partial charge in [-0.25, -0.2) is 0 Å². The van der Waals surface area contributed by atoms with Crippen LogP contribution >= 0.6 is 0 Å². The van der Waals surface area contributed by atoms with Crippen molar-refractivity contribution >= 4 is 7.35 Å². The van der Waals surface area contributed by atoms with Crippen LogP contribution in [0, 0.1) is 0 Å². The van der Waals surface area contributed by atoms with Gasteiger partial charge in [0, 0.05) is 0 Å². The Hall–Kier alpha value is -0.375. The van der Waals surface area contributed by atoms with Crippen molar-refractivity contribution in [2.75, 3.05) is 0 Å². The van der Waals surface area contributed by atoms with Gasteiger partial charge in [-0.2, -0.15) is 0 Å². The molecule has 0 aliphatic heterocycles. The first-order chi connectivity index (χ1) is 1.41. The topological polar surface area (TPSA) is 72.3 Å². The van der Waals surface area contributed by atoms with Crippen LogP contribution in [0.5, 0.6) is 0 Å². The summed E-state index contributed by atoms with van der Waals surface area (Å²) in [6.07, 6.45) is 0. The number of rotatable bonds is 0. The van der Waals surface area contributed by atoms with Crippen molar-refractivity contribution in [2.45, 2.75) is 0 Å². The Bertz CT molecular complexity index is 13.5. The zero-order valence-corrected chi connectivity index (χ0v) is 2.14. The van der Waals surface area contributed by atoms with Crippen LogP contribution < -0.4 is 6.15 Å². The van der Waals surface area contributed by atoms with Crippen molar-refractivity contribution in [3.05, 3.63) is 0 Å². The van der Waals surface area contributed by atoms with E-state index in [0.29, 0.717) is 0 Å². The molecular formula is H4BNO2. The van der Waals surface area contributed by atoms with Crippen molar-refractivity contribution in [1.82, 2.24) is 6.15 Å². The molecule has 0 bridgehead atoms. The van der Waals surface area contributed by atoms with Crippen molar-refractivity contribution in [1.29, 1.82) is 0 Å². The van der Waals surface area contributed by atoms with E-state index in [-0.39, 0.29) is 13.5 Å². The monoisotopic (exact) mass is 61.0 g/mol. The first-order valence-electron chi connectivity index (χ1n) is 0.494. The molecule has 0 saturated heterocycles. The van der Waals surface area contributed by atoms with E-state index in [1.807, 2.05) is 0 Å². The van der Waals surface area contributed by atoms with Crippen LogP contribution in [0.2, 0.25) is 0 Å². The zero-order valence-electron chi connectivity index (χ0n) is 2.14. The maximum atomic E-state index is 8.36. The molecule has 0 saturated carbocycles. The minimum absolute atomic E-state index is 0. The van der Waals surface area contributed by atoms with Gasteiger partial charge in [-0.1, -0.05) is 0 Å². The summed E-state index contributed by atoms with van der Waals surface area (Å²) in [6.45, 7) is 0. The fourth-order valence-electron chi connectivity index (χ4n) is 0. The fourth-order valence-corrected chi connectivity index (χ4v) is 0. The third-order valence-corrected chi connectivity index (χ3v) is 0. The molecule has 0 amide bonds. The molecule has 0 spiro atoms. The van der Waals surface area contributed by atoms with E-state index in [1.165, 1.54) is 0 Å². The average molecular weight is 60.8 g/mol. The molecule has 24 valence electrons. The summed E-state index contributed by atoms with van der Waals surface area (Å²) in [6, 6.07) is 0. The summed E-state index contributed by atoms with van der Waals surface area (Å²) in [5, 5.41) is 6.89. The third kappa shape index (κ3) is 4.51. The summed E-state index contributed by atoms with van der Waals surface area (Å²) in [5.74, 6) is 0. The Morgan fingerprint density at radius 3 is 1.75 bits per heavy atom. The van der Waals surface area contributed by atoms with Gasteiger partial charge in [0.25, 0.3) is 0 Å². The normalized spacial score (nSPS) is 2.00. The predicted molar refractivity (Wildman–Crippen MR) is 13.7 cm³/mol. The van der Waals surface area contributed by atoms with Crippen LogP contribution in [-0.2, 0) is 4.70 Å². The molecule has 0 aliphatic carbocycles. The summed E-state index contributed by atoms with van der Waals surface area (Å²) in [4.78, 5) is 0. The molecule has 3 nitrogen and oxygen atoms in total. The molecule has 0 unspecified atom stereocenters. The molecule has 4 heteroatoms. The molecule has 4 N–H and O–H groups in total. The Morgan fingerprint density at radius 2 is 1.75 bits per heavy atom. The van der Waals surface area contributed by atoms with Gasteiger partial charge >= 0.3 is 17.1 Å². The third-order valence-electron chi connectivity index (χ3n) is 0. The van der Waals surface area contributed by atoms with Crippen LogP contribution in [0.4, 0.5) is 0 Å². The van der Waals surface area contributed by atoms with Crippen LogP contribution in [0.1, 0.15) is 0 Å². The SMILES string of the molecule is N.O=BO. The Labute approximate surface area is 24.5 Å². The quantitative estimate of drug-likeness (QED) is 0.356. The molecule has 0 aromatic heterocycles. The van der Waals surface area contributed by atoms with E-state index in [0.717, 1.165) is 0 Å². The molecule has 0 radical (unpaired) electrons. The summed E-state index contributed by atoms with van der Waals surface area (Å²) in [7, 11) is -0.250. The summed E-state index contributed by atoms with van der Waals surface area (Å²) < 4.78 is 8.36. The second kappa shape index (κ2) is 17.7. The number of hydrogen-bond acceptors (Lipinski definition) is 2. The van der Waals surface area contributed by atoms with Crippen LogP contribution in [0.15, 0.2) is 0 Å². The van der Waals surface area contributed by atoms with Gasteiger partial charge in [-0.15, -0.1) is 0 Å². The molecule has 0 heterocycles. The molecule has 0 aromatic rings. The van der Waals surface area contributed by atoms with Crippen molar-refractivity contribution in [3.8, 4) is 0 Å². The first-order valence-corrected chi connectivity index (χ1v) is 0.494. The predicted octanol–water partition coefficient (Wildman–Crippen LogP) is -0.895. The molecule has 0 aliphatic rings. The average Bonchev–Trinajstić information content (AvgIpc) is 0.918. The maximum absolute atomic E-state index is 8.36. The molecule has 0 atom stereocenters. The second-order valence-corrected chi connectivity index (χ2v) is 0.105. The van der Waals surface area contributed by atoms with Gasteiger partial charge in [-0.3, -0.25) is 0 Å². The van der Waals surface area contributed by atoms with E-state index in [4.69, 9.17) is 9.73 Å². The molecular weight excluding hydrogens is 56.8 g/mol. The van der Waals surface area contributed by atoms with Crippen molar-refractivity contribution in [2.24, 2.45) is 0 Å². The van der Waals surface area contributed by atoms with Crippen LogP contribution in [-0.4, -0.2) is 12.4 Å². The summed E-state index contributed by atoms with van der Waals surface area (Å²) >= 11 is 0. The molecule has 0 aromatic carbocycles. The van der Waals surface area contributed by atoms with E-state index in [2.05, 4.69) is 0 Å². The van der Waals surface area contributed by atoms with Gasteiger partial charge in [-0.05, 0) is 0 Å². The van der Waals surface area contributed by atoms with Gasteiger partial charge in [0.15, 0.2) is 0 Å². The zero-order chi connectivity index (χ0) is 2.71. The summed E-state index contributed by atoms with van der Waals surface area (Å²) in [5.41, 5.74) is 0. The van der Waals surface area contributed by atoms with Crippen LogP contribution in [0.3, 0.4) is 0 Å².